The summed E-state index contributed by atoms with van der Waals surface area (Å²) in [5.74, 6) is 15.6. The summed E-state index contributed by atoms with van der Waals surface area (Å²) in [7, 11) is 0. The average Bonchev–Trinajstić information content (AvgIpc) is 3.37. The van der Waals surface area contributed by atoms with E-state index >= 15 is 0 Å². The smallest absolute Gasteiger partial charge is 0.112 e. The molecule has 0 bridgehead atoms. The monoisotopic (exact) mass is 1170 g/mol. The number of nitrogens with one attached hydrogen (secondary N) is 7. The number of nitrogens with zero attached hydrogens (tertiary/aromatic N) is 1. The van der Waals surface area contributed by atoms with E-state index in [-0.39, 0.29) is 12.5 Å². The Labute approximate surface area is 518 Å². The van der Waals surface area contributed by atoms with E-state index in [9.17, 15) is 0 Å². The summed E-state index contributed by atoms with van der Waals surface area (Å²) in [6.45, 7) is 10.6. The predicted octanol–water partition coefficient (Wildman–Crippen LogP) is 12.9. The predicted molar refractivity (Wildman–Crippen MR) is 345 cm³/mol. The molecular weight excluding hydrogens is 1040 g/mol. The molecule has 0 aromatic heterocycles. The van der Waals surface area contributed by atoms with Crippen molar-refractivity contribution in [2.24, 2.45) is 107 Å². The van der Waals surface area contributed by atoms with Gasteiger partial charge in [-0.3, -0.25) is 15.5 Å². The van der Waals surface area contributed by atoms with E-state index in [4.69, 9.17) is 9.47 Å². The van der Waals surface area contributed by atoms with Crippen molar-refractivity contribution in [3.63, 3.8) is 0 Å². The molecule has 7 N–H and O–H groups in total. The summed E-state index contributed by atoms with van der Waals surface area (Å²) in [6.07, 6.45) is 54.6. The summed E-state index contributed by atoms with van der Waals surface area (Å²) in [5, 5.41) is 30.1. The summed E-state index contributed by atoms with van der Waals surface area (Å²) in [4.78, 5) is 3.09. The first kappa shape index (κ1) is 59.6. The van der Waals surface area contributed by atoms with Gasteiger partial charge < -0.3 is 36.1 Å². The number of piperidine rings is 5. The molecule has 8 heterocycles. The highest BCUT2D eigenvalue weighted by molar-refractivity contribution is 5.12. The van der Waals surface area contributed by atoms with Gasteiger partial charge in [-0.2, -0.15) is 0 Å². The first-order valence-electron chi connectivity index (χ1n) is 39.2. The molecule has 16 rings (SSSR count). The Morgan fingerprint density at radius 1 is 0.306 bits per heavy atom. The number of ether oxygens (including phenoxy) is 2. The van der Waals surface area contributed by atoms with Crippen LogP contribution < -0.4 is 37.2 Å². The maximum atomic E-state index is 7.08. The van der Waals surface area contributed by atoms with Gasteiger partial charge in [0.1, 0.15) is 12.5 Å². The zero-order valence-electron chi connectivity index (χ0n) is 54.4. The van der Waals surface area contributed by atoms with Crippen molar-refractivity contribution in [1.29, 1.82) is 0 Å². The molecule has 0 spiro atoms. The molecule has 0 amide bonds. The van der Waals surface area contributed by atoms with Crippen molar-refractivity contribution in [2.45, 2.75) is 330 Å². The standard InChI is InChI=1S/C75H128N8O2/c1-45-35-61-62(41-77-45)59-39-51(64-22-12-24-66(79-64)57-20-11-5-10-19-55(57)47-15-6-3-7-16-47)30-32-58(59)72(61)68-43-84-74(81-68)53-28-26-50-38-54(29-27-49(50)37-53)75-82-71(44-85-75)83-69-33-31-52(40-60(69)63-42-78-46(2)36-70(63)83)65-23-13-25-67(80-65)73-56(21-14-34-76-73)48-17-8-4-9-18-48/h45-82H,3-44H2,1-2H3/t45?,46?,49?,50?,51?,52?,53?,54?,55?,56?,57?,58?,59?,60?,61-,62?,63?,64?,65?,66?,67?,68?,69?,70?,71?,72?,73?,74?,75?/m1/s1. The minimum Gasteiger partial charge on any atom is -0.361 e. The fourth-order valence-electron chi connectivity index (χ4n) is 26.9. The molecule has 8 aliphatic heterocycles. The molecule has 10 nitrogen and oxygen atoms in total. The number of rotatable bonds is 10. The van der Waals surface area contributed by atoms with Crippen LogP contribution in [0.3, 0.4) is 0 Å². The third-order valence-corrected chi connectivity index (χ3v) is 30.6. The Kier molecular flexibility index (Phi) is 18.6. The van der Waals surface area contributed by atoms with Crippen LogP contribution in [0.4, 0.5) is 0 Å². The number of hydrogen-bond acceptors (Lipinski definition) is 10. The molecule has 0 radical (unpaired) electrons. The summed E-state index contributed by atoms with van der Waals surface area (Å²) in [5.41, 5.74) is 0. The highest BCUT2D eigenvalue weighted by Gasteiger charge is 2.59. The second-order valence-corrected chi connectivity index (χ2v) is 34.7. The van der Waals surface area contributed by atoms with Crippen LogP contribution in [0.5, 0.6) is 0 Å². The molecule has 0 aromatic rings. The van der Waals surface area contributed by atoms with Crippen LogP contribution >= 0.6 is 0 Å². The molecule has 28 unspecified atom stereocenters. The second-order valence-electron chi connectivity index (χ2n) is 34.7. The lowest BCUT2D eigenvalue weighted by Crippen LogP contribution is -2.61. The van der Waals surface area contributed by atoms with Gasteiger partial charge in [0.2, 0.25) is 0 Å². The van der Waals surface area contributed by atoms with E-state index in [1.54, 1.807) is 0 Å². The van der Waals surface area contributed by atoms with Gasteiger partial charge >= 0.3 is 0 Å². The number of hydrogen-bond donors (Lipinski definition) is 7. The Morgan fingerprint density at radius 3 is 1.64 bits per heavy atom. The van der Waals surface area contributed by atoms with E-state index in [0.717, 1.165) is 120 Å². The summed E-state index contributed by atoms with van der Waals surface area (Å²) in [6, 6.07) is 6.88. The number of likely N-dealkylation sites (tertiary alicyclic amines) is 1. The average molecular weight is 1170 g/mol. The largest absolute Gasteiger partial charge is 0.361 e. The first-order valence-corrected chi connectivity index (χ1v) is 39.2. The Morgan fingerprint density at radius 2 is 0.882 bits per heavy atom. The lowest BCUT2D eigenvalue weighted by atomic mass is 9.64. The van der Waals surface area contributed by atoms with Gasteiger partial charge in [-0.05, 0) is 275 Å². The van der Waals surface area contributed by atoms with Crippen molar-refractivity contribution in [1.82, 2.24) is 42.1 Å². The van der Waals surface area contributed by atoms with Gasteiger partial charge in [-0.1, -0.05) is 96.3 Å². The van der Waals surface area contributed by atoms with E-state index in [1.807, 2.05) is 0 Å². The van der Waals surface area contributed by atoms with E-state index < -0.39 is 0 Å². The normalized spacial score (nSPS) is 53.2. The minimum absolute atomic E-state index is 0.235. The van der Waals surface area contributed by atoms with E-state index in [2.05, 4.69) is 56.0 Å². The van der Waals surface area contributed by atoms with E-state index in [0.29, 0.717) is 66.3 Å². The third-order valence-electron chi connectivity index (χ3n) is 30.6. The second kappa shape index (κ2) is 26.5. The van der Waals surface area contributed by atoms with Crippen LogP contribution in [0.15, 0.2) is 0 Å². The van der Waals surface area contributed by atoms with Crippen molar-refractivity contribution in [2.75, 3.05) is 32.8 Å². The van der Waals surface area contributed by atoms with Gasteiger partial charge in [-0.15, -0.1) is 0 Å². The Hall–Kier alpha value is -0.400. The lowest BCUT2D eigenvalue weighted by Gasteiger charge is -2.48. The maximum Gasteiger partial charge on any atom is 0.112 e. The lowest BCUT2D eigenvalue weighted by molar-refractivity contribution is -0.0253. The molecule has 10 heteroatoms. The quantitative estimate of drug-likeness (QED) is 0.107. The third kappa shape index (κ3) is 12.1. The molecule has 0 aromatic carbocycles. The van der Waals surface area contributed by atoms with Crippen molar-refractivity contribution in [3.8, 4) is 0 Å². The zero-order chi connectivity index (χ0) is 56.5. The molecule has 29 atom stereocenters. The van der Waals surface area contributed by atoms with Gasteiger partial charge in [0, 0.05) is 67.0 Å². The van der Waals surface area contributed by atoms with Gasteiger partial charge in [0.25, 0.3) is 0 Å². The molecule has 16 fully saturated rings. The molecule has 16 aliphatic rings. The summed E-state index contributed by atoms with van der Waals surface area (Å²) < 4.78 is 14.1. The highest BCUT2D eigenvalue weighted by Crippen LogP contribution is 2.59. The molecule has 8 saturated heterocycles. The summed E-state index contributed by atoms with van der Waals surface area (Å²) >= 11 is 0. The number of fused-ring (bicyclic) bond motifs is 7. The molecule has 8 aliphatic carbocycles. The topological polar surface area (TPSA) is 106 Å². The van der Waals surface area contributed by atoms with Gasteiger partial charge in [0.15, 0.2) is 0 Å². The van der Waals surface area contributed by atoms with Gasteiger partial charge in [0.05, 0.1) is 19.4 Å². The van der Waals surface area contributed by atoms with Crippen molar-refractivity contribution >= 4 is 0 Å². The van der Waals surface area contributed by atoms with Crippen molar-refractivity contribution in [3.05, 3.63) is 0 Å². The van der Waals surface area contributed by atoms with Crippen LogP contribution in [0.1, 0.15) is 251 Å². The Bertz CT molecular complexity index is 2160. The zero-order valence-corrected chi connectivity index (χ0v) is 54.4. The van der Waals surface area contributed by atoms with E-state index in [1.165, 1.54) is 257 Å². The molecule has 480 valence electrons. The fourth-order valence-corrected chi connectivity index (χ4v) is 26.9. The van der Waals surface area contributed by atoms with Gasteiger partial charge in [-0.25, -0.2) is 0 Å². The van der Waals surface area contributed by atoms with Crippen LogP contribution in [-0.2, 0) is 9.47 Å². The minimum atomic E-state index is 0.235. The van der Waals surface area contributed by atoms with Crippen LogP contribution in [0.2, 0.25) is 0 Å². The van der Waals surface area contributed by atoms with Crippen LogP contribution in [0.25, 0.3) is 0 Å². The van der Waals surface area contributed by atoms with Crippen molar-refractivity contribution < 1.29 is 9.47 Å². The Balaban J connectivity index is 0.517. The molecule has 8 saturated carbocycles. The fraction of sp³-hybridized carbons (Fsp3) is 1.00. The van der Waals surface area contributed by atoms with Crippen LogP contribution in [0, 0.1) is 107 Å². The molecule has 85 heavy (non-hydrogen) atoms. The SMILES string of the molecule is CC1CC2C(CN1)C1CC(C3CCCC(C4NCCCC4C4CCCCC4)N3)CCC1N2C1COC(C2CCC3CC(C4NC(C5C6CCC(C7CCCC(C8CCCCCC8C8CCCCC8)N7)CC6C6CNC(C)C[C@H]65)CO4)CCC3C2)N1. The van der Waals surface area contributed by atoms with Crippen LogP contribution in [-0.4, -0.2) is 117 Å². The molecular formula is C75H128N8O2. The maximum absolute atomic E-state index is 7.08. The highest BCUT2D eigenvalue weighted by atomic mass is 16.5. The first-order chi connectivity index (χ1) is 41.9.